The summed E-state index contributed by atoms with van der Waals surface area (Å²) >= 11 is 1.68. The topological polar surface area (TPSA) is 43.4 Å². The van der Waals surface area contributed by atoms with Gasteiger partial charge in [0, 0.05) is 38.1 Å². The molecule has 0 aromatic carbocycles. The highest BCUT2D eigenvalue weighted by Crippen LogP contribution is 2.07. The average Bonchev–Trinajstić information content (AvgIpc) is 2.71. The summed E-state index contributed by atoms with van der Waals surface area (Å²) in [7, 11) is 0. The molecule has 0 saturated carbocycles. The summed E-state index contributed by atoms with van der Waals surface area (Å²) in [6.45, 7) is 9.06. The monoisotopic (exact) mass is 258 g/mol. The predicted molar refractivity (Wildman–Crippen MR) is 70.2 cm³/mol. The van der Waals surface area contributed by atoms with E-state index in [9.17, 15) is 0 Å². The van der Waals surface area contributed by atoms with E-state index in [4.69, 9.17) is 9.47 Å². The van der Waals surface area contributed by atoms with Crippen LogP contribution in [0.1, 0.15) is 31.0 Å². The van der Waals surface area contributed by atoms with Crippen molar-refractivity contribution in [1.82, 2.24) is 10.3 Å². The first-order valence-electron chi connectivity index (χ1n) is 6.11. The highest BCUT2D eigenvalue weighted by molar-refractivity contribution is 7.09. The molecule has 1 rings (SSSR count). The van der Waals surface area contributed by atoms with Crippen molar-refractivity contribution in [3.63, 3.8) is 0 Å². The van der Waals surface area contributed by atoms with Gasteiger partial charge in [-0.05, 0) is 20.8 Å². The molecule has 0 aliphatic heterocycles. The maximum absolute atomic E-state index is 5.46. The number of hydrogen-bond donors (Lipinski definition) is 1. The molecule has 0 atom stereocenters. The summed E-state index contributed by atoms with van der Waals surface area (Å²) in [5, 5.41) is 6.55. The average molecular weight is 258 g/mol. The normalized spacial score (nSPS) is 11.3. The van der Waals surface area contributed by atoms with E-state index in [1.165, 1.54) is 0 Å². The van der Waals surface area contributed by atoms with Crippen LogP contribution < -0.4 is 5.32 Å². The van der Waals surface area contributed by atoms with Crippen molar-refractivity contribution in [2.75, 3.05) is 19.8 Å². The zero-order chi connectivity index (χ0) is 12.5. The molecule has 1 aromatic rings. The molecule has 1 aromatic heterocycles. The molecule has 0 saturated heterocycles. The molecule has 17 heavy (non-hydrogen) atoms. The largest absolute Gasteiger partial charge is 0.353 e. The van der Waals surface area contributed by atoms with E-state index in [0.717, 1.165) is 30.2 Å². The SMILES string of the molecule is CCOC(CCNCc1csc(C)n1)OCC. The lowest BCUT2D eigenvalue weighted by Crippen LogP contribution is -2.24. The smallest absolute Gasteiger partial charge is 0.158 e. The first kappa shape index (κ1) is 14.6. The van der Waals surface area contributed by atoms with E-state index < -0.39 is 0 Å². The van der Waals surface area contributed by atoms with E-state index >= 15 is 0 Å². The van der Waals surface area contributed by atoms with Gasteiger partial charge < -0.3 is 14.8 Å². The van der Waals surface area contributed by atoms with Gasteiger partial charge in [0.15, 0.2) is 6.29 Å². The third kappa shape index (κ3) is 6.12. The standard InChI is InChI=1S/C12H22N2O2S/c1-4-15-12(16-5-2)6-7-13-8-11-9-17-10(3)14-11/h9,12-13H,4-8H2,1-3H3. The number of ether oxygens (including phenoxy) is 2. The Morgan fingerprint density at radius 2 is 2.06 bits per heavy atom. The van der Waals surface area contributed by atoms with Crippen LogP contribution in [0.3, 0.4) is 0 Å². The van der Waals surface area contributed by atoms with E-state index in [-0.39, 0.29) is 6.29 Å². The number of aryl methyl sites for hydroxylation is 1. The molecule has 0 fully saturated rings. The third-order valence-electron chi connectivity index (χ3n) is 2.23. The van der Waals surface area contributed by atoms with Crippen LogP contribution in [0.15, 0.2) is 5.38 Å². The number of nitrogens with one attached hydrogen (secondary N) is 1. The van der Waals surface area contributed by atoms with Gasteiger partial charge in [-0.15, -0.1) is 11.3 Å². The maximum atomic E-state index is 5.46. The van der Waals surface area contributed by atoms with Crippen molar-refractivity contribution in [3.8, 4) is 0 Å². The molecule has 0 spiro atoms. The molecule has 0 radical (unpaired) electrons. The molecule has 0 unspecified atom stereocenters. The molecule has 1 N–H and O–H groups in total. The van der Waals surface area contributed by atoms with Crippen molar-refractivity contribution in [3.05, 3.63) is 16.1 Å². The van der Waals surface area contributed by atoms with Crippen molar-refractivity contribution in [2.24, 2.45) is 0 Å². The summed E-state index contributed by atoms with van der Waals surface area (Å²) in [4.78, 5) is 4.39. The first-order chi connectivity index (χ1) is 8.26. The number of nitrogens with zero attached hydrogens (tertiary/aromatic N) is 1. The summed E-state index contributed by atoms with van der Waals surface area (Å²) in [5.41, 5.74) is 1.11. The fourth-order valence-electron chi connectivity index (χ4n) is 1.51. The summed E-state index contributed by atoms with van der Waals surface area (Å²) in [6.07, 6.45) is 0.778. The fourth-order valence-corrected chi connectivity index (χ4v) is 2.12. The Balaban J connectivity index is 2.13. The second kappa shape index (κ2) is 8.58. The van der Waals surface area contributed by atoms with E-state index in [0.29, 0.717) is 13.2 Å². The fraction of sp³-hybridized carbons (Fsp3) is 0.750. The second-order valence-electron chi connectivity index (χ2n) is 3.66. The first-order valence-corrected chi connectivity index (χ1v) is 6.99. The molecule has 98 valence electrons. The van der Waals surface area contributed by atoms with Crippen LogP contribution in [-0.2, 0) is 16.0 Å². The molecular weight excluding hydrogens is 236 g/mol. The minimum Gasteiger partial charge on any atom is -0.353 e. The minimum atomic E-state index is -0.0883. The molecule has 0 bridgehead atoms. The van der Waals surface area contributed by atoms with Gasteiger partial charge in [0.2, 0.25) is 0 Å². The van der Waals surface area contributed by atoms with E-state index in [2.05, 4.69) is 15.7 Å². The summed E-state index contributed by atoms with van der Waals surface area (Å²) in [5.74, 6) is 0. The molecule has 5 heteroatoms. The minimum absolute atomic E-state index is 0.0883. The van der Waals surface area contributed by atoms with Crippen LogP contribution >= 0.6 is 11.3 Å². The van der Waals surface area contributed by atoms with Crippen molar-refractivity contribution >= 4 is 11.3 Å². The van der Waals surface area contributed by atoms with Gasteiger partial charge >= 0.3 is 0 Å². The molecule has 0 amide bonds. The molecule has 0 aliphatic carbocycles. The van der Waals surface area contributed by atoms with Gasteiger partial charge in [-0.25, -0.2) is 4.98 Å². The lowest BCUT2D eigenvalue weighted by atomic mass is 10.4. The van der Waals surface area contributed by atoms with Gasteiger partial charge in [0.25, 0.3) is 0 Å². The number of hydrogen-bond acceptors (Lipinski definition) is 5. The molecule has 1 heterocycles. The van der Waals surface area contributed by atoms with Gasteiger partial charge in [-0.1, -0.05) is 0 Å². The number of thiazole rings is 1. The Kier molecular flexibility index (Phi) is 7.35. The third-order valence-corrected chi connectivity index (χ3v) is 3.06. The van der Waals surface area contributed by atoms with Crippen LogP contribution in [0.4, 0.5) is 0 Å². The van der Waals surface area contributed by atoms with Crippen molar-refractivity contribution in [2.45, 2.75) is 40.0 Å². The van der Waals surface area contributed by atoms with Crippen LogP contribution in [-0.4, -0.2) is 31.0 Å². The zero-order valence-electron chi connectivity index (χ0n) is 10.9. The highest BCUT2D eigenvalue weighted by Gasteiger charge is 2.07. The highest BCUT2D eigenvalue weighted by atomic mass is 32.1. The Morgan fingerprint density at radius 3 is 2.59 bits per heavy atom. The van der Waals surface area contributed by atoms with Gasteiger partial charge in [0.05, 0.1) is 10.7 Å². The quantitative estimate of drug-likeness (QED) is 0.545. The van der Waals surface area contributed by atoms with E-state index in [1.54, 1.807) is 11.3 Å². The van der Waals surface area contributed by atoms with Gasteiger partial charge in [-0.2, -0.15) is 0 Å². The number of aromatic nitrogens is 1. The number of rotatable bonds is 9. The molecular formula is C12H22N2O2S. The Bertz CT molecular complexity index is 298. The Labute approximate surface area is 107 Å². The summed E-state index contributed by atoms with van der Waals surface area (Å²) < 4.78 is 10.9. The lowest BCUT2D eigenvalue weighted by Gasteiger charge is -2.16. The predicted octanol–water partition coefficient (Wildman–Crippen LogP) is 2.33. The van der Waals surface area contributed by atoms with Crippen molar-refractivity contribution in [1.29, 1.82) is 0 Å². The molecule has 0 aliphatic rings. The van der Waals surface area contributed by atoms with Crippen LogP contribution in [0.5, 0.6) is 0 Å². The van der Waals surface area contributed by atoms with Crippen LogP contribution in [0.2, 0.25) is 0 Å². The van der Waals surface area contributed by atoms with Crippen molar-refractivity contribution < 1.29 is 9.47 Å². The van der Waals surface area contributed by atoms with Crippen LogP contribution in [0.25, 0.3) is 0 Å². The maximum Gasteiger partial charge on any atom is 0.158 e. The Hall–Kier alpha value is -0.490. The van der Waals surface area contributed by atoms with E-state index in [1.807, 2.05) is 20.8 Å². The summed E-state index contributed by atoms with van der Waals surface area (Å²) in [6, 6.07) is 0. The van der Waals surface area contributed by atoms with Crippen LogP contribution in [0, 0.1) is 6.92 Å². The lowest BCUT2D eigenvalue weighted by molar-refractivity contribution is -0.138. The van der Waals surface area contributed by atoms with Gasteiger partial charge in [-0.3, -0.25) is 0 Å². The zero-order valence-corrected chi connectivity index (χ0v) is 11.7. The molecule has 4 nitrogen and oxygen atoms in total. The van der Waals surface area contributed by atoms with Gasteiger partial charge in [0.1, 0.15) is 0 Å². The Morgan fingerprint density at radius 1 is 1.35 bits per heavy atom. The second-order valence-corrected chi connectivity index (χ2v) is 4.73.